The summed E-state index contributed by atoms with van der Waals surface area (Å²) >= 11 is 0. The second-order valence-electron chi connectivity index (χ2n) is 19.5. The number of aryl methyl sites for hydroxylation is 5. The average Bonchev–Trinajstić information content (AvgIpc) is 3.74. The molecule has 4 nitrogen and oxygen atoms in total. The third-order valence-electron chi connectivity index (χ3n) is 13.6. The molecule has 0 saturated heterocycles. The molecule has 0 amide bonds. The van der Waals surface area contributed by atoms with Crippen molar-refractivity contribution in [1.29, 1.82) is 0 Å². The number of pyridine rings is 3. The van der Waals surface area contributed by atoms with Crippen molar-refractivity contribution in [3.63, 3.8) is 0 Å². The van der Waals surface area contributed by atoms with Crippen molar-refractivity contribution in [2.75, 3.05) is 0 Å². The molecule has 1 radical (unpaired) electrons. The fraction of sp³-hybridized carbons (Fsp3) is 0.274. The van der Waals surface area contributed by atoms with E-state index in [1.54, 1.807) is 0 Å². The molecule has 9 aromatic rings. The Morgan fingerprint density at radius 3 is 1.82 bits per heavy atom. The number of aromatic nitrogens is 3. The quantitative estimate of drug-likeness (QED) is 0.135. The molecule has 1 fully saturated rings. The summed E-state index contributed by atoms with van der Waals surface area (Å²) in [5, 5.41) is 3.80. The van der Waals surface area contributed by atoms with Gasteiger partial charge in [0.25, 0.3) is 0 Å². The molecule has 4 heterocycles. The van der Waals surface area contributed by atoms with Gasteiger partial charge >= 0.3 is 0 Å². The van der Waals surface area contributed by atoms with Crippen LogP contribution in [0.1, 0.15) is 79.3 Å². The molecule has 1 aliphatic rings. The zero-order valence-electron chi connectivity index (χ0n) is 41.3. The molecule has 4 aromatic heterocycles. The first-order valence-corrected chi connectivity index (χ1v) is 28.0. The van der Waals surface area contributed by atoms with Gasteiger partial charge in [0.05, 0.1) is 25.2 Å². The Morgan fingerprint density at radius 2 is 1.16 bits per heavy atom. The van der Waals surface area contributed by atoms with Crippen LogP contribution in [-0.2, 0) is 39.4 Å². The smallest absolute Gasteiger partial charge is 0.144 e. The number of benzene rings is 5. The van der Waals surface area contributed by atoms with Gasteiger partial charge in [-0.05, 0) is 144 Å². The molecule has 349 valence electrons. The summed E-state index contributed by atoms with van der Waals surface area (Å²) in [6.45, 7) is 18.1. The molecular weight excluding hydrogens is 1020 g/mol. The molecule has 1 aliphatic carbocycles. The molecule has 6 heteroatoms. The van der Waals surface area contributed by atoms with Crippen molar-refractivity contribution >= 4 is 35.2 Å². The van der Waals surface area contributed by atoms with E-state index in [1.165, 1.54) is 92.9 Å². The van der Waals surface area contributed by atoms with E-state index in [-0.39, 0.29) is 20.1 Å². The van der Waals surface area contributed by atoms with Gasteiger partial charge in [-0.1, -0.05) is 157 Å². The van der Waals surface area contributed by atoms with Crippen molar-refractivity contribution in [3.05, 3.63) is 191 Å². The van der Waals surface area contributed by atoms with Crippen LogP contribution in [0.3, 0.4) is 0 Å². The number of fused-ring (bicyclic) bond motifs is 3. The van der Waals surface area contributed by atoms with Crippen LogP contribution in [0.15, 0.2) is 163 Å². The summed E-state index contributed by atoms with van der Waals surface area (Å²) in [4.78, 5) is 13.8. The fourth-order valence-electron chi connectivity index (χ4n) is 9.60. The molecule has 0 unspecified atom stereocenters. The zero-order chi connectivity index (χ0) is 46.9. The average molecular weight is 1090 g/mol. The van der Waals surface area contributed by atoms with Crippen molar-refractivity contribution in [3.8, 4) is 44.9 Å². The van der Waals surface area contributed by atoms with Gasteiger partial charge in [-0.2, -0.15) is 0 Å². The van der Waals surface area contributed by atoms with E-state index in [1.807, 2.05) is 36.7 Å². The SMILES string of the molecule is CCc1cc(-c2ccccc2)ncc1[Si](C)(C)C.CCc1ccnc(-c2ccccc2)c1.Cc1cc(C)c(-c2ccc3c(c2)oc2c(-c4cc(CC5CCCCC5)ccn4)cccc23)cc1C.[Ir]. The molecular formula is C62H67IrN3OSi. The summed E-state index contributed by atoms with van der Waals surface area (Å²) < 4.78 is 6.54. The number of para-hydroxylation sites is 1. The van der Waals surface area contributed by atoms with Crippen LogP contribution < -0.4 is 5.19 Å². The molecule has 0 atom stereocenters. The maximum atomic E-state index is 6.54. The standard InChI is InChI=1S/C33H33NO.C16H21NSi.C13H13N.Ir/c1-21-16-23(3)30(17-22(21)2)26-12-13-27-28-10-7-11-29(33(28)35-32(27)20-26)31-19-25(14-15-34-31)18-24-8-5-4-6-9-24;1-5-13-11-15(14-9-7-6-8-10-14)17-12-16(13)18(2,3)4;1-2-11-8-9-14-13(10-11)12-6-4-3-5-7-12;/h7,10-17,19-20,24H,4-6,8-9,18H2,1-3H3;6-12H,5H2,1-4H3;3-10H,2H2,1H3;. The third kappa shape index (κ3) is 12.1. The van der Waals surface area contributed by atoms with Crippen LogP contribution in [0.4, 0.5) is 0 Å². The predicted octanol–water partition coefficient (Wildman–Crippen LogP) is 16.5. The Bertz CT molecular complexity index is 3080. The van der Waals surface area contributed by atoms with E-state index >= 15 is 0 Å². The van der Waals surface area contributed by atoms with Gasteiger partial charge in [-0.15, -0.1) is 0 Å². The van der Waals surface area contributed by atoms with Crippen molar-refractivity contribution in [2.24, 2.45) is 5.92 Å². The maximum Gasteiger partial charge on any atom is 0.144 e. The minimum absolute atomic E-state index is 0. The fourth-order valence-corrected chi connectivity index (χ4v) is 11.3. The number of rotatable bonds is 9. The van der Waals surface area contributed by atoms with E-state index < -0.39 is 8.07 Å². The minimum Gasteiger partial charge on any atom is -0.455 e. The second kappa shape index (κ2) is 23.0. The minimum atomic E-state index is -1.29. The van der Waals surface area contributed by atoms with Crippen molar-refractivity contribution in [1.82, 2.24) is 15.0 Å². The van der Waals surface area contributed by atoms with Gasteiger partial charge < -0.3 is 4.42 Å². The van der Waals surface area contributed by atoms with Crippen molar-refractivity contribution < 1.29 is 24.5 Å². The van der Waals surface area contributed by atoms with Crippen molar-refractivity contribution in [2.45, 2.75) is 106 Å². The topological polar surface area (TPSA) is 51.8 Å². The Kier molecular flexibility index (Phi) is 17.0. The van der Waals surface area contributed by atoms with Crippen LogP contribution in [0.25, 0.3) is 66.8 Å². The Morgan fingerprint density at radius 1 is 0.529 bits per heavy atom. The molecule has 10 rings (SSSR count). The van der Waals surface area contributed by atoms with Gasteiger partial charge in [0.15, 0.2) is 0 Å². The third-order valence-corrected chi connectivity index (χ3v) is 15.6. The Labute approximate surface area is 420 Å². The Hall–Kier alpha value is -5.78. The predicted molar refractivity (Wildman–Crippen MR) is 288 cm³/mol. The van der Waals surface area contributed by atoms with Gasteiger partial charge in [0.2, 0.25) is 0 Å². The first kappa shape index (κ1) is 50.1. The normalized spacial score (nSPS) is 12.7. The number of furan rings is 1. The van der Waals surface area contributed by atoms with Gasteiger partial charge in [-0.25, -0.2) is 0 Å². The van der Waals surface area contributed by atoms with Gasteiger partial charge in [0.1, 0.15) is 11.2 Å². The monoisotopic (exact) mass is 1090 g/mol. The van der Waals surface area contributed by atoms with Gasteiger partial charge in [-0.3, -0.25) is 15.0 Å². The van der Waals surface area contributed by atoms with E-state index in [0.29, 0.717) is 0 Å². The summed E-state index contributed by atoms with van der Waals surface area (Å²) in [5.41, 5.74) is 19.1. The number of hydrogen-bond acceptors (Lipinski definition) is 4. The molecule has 0 spiro atoms. The molecule has 68 heavy (non-hydrogen) atoms. The van der Waals surface area contributed by atoms with Crippen LogP contribution in [-0.4, -0.2) is 23.0 Å². The number of hydrogen-bond donors (Lipinski definition) is 0. The molecule has 0 N–H and O–H groups in total. The Balaban J connectivity index is 0.000000173. The summed E-state index contributed by atoms with van der Waals surface area (Å²) in [5.74, 6) is 0.813. The second-order valence-corrected chi connectivity index (χ2v) is 24.5. The largest absolute Gasteiger partial charge is 0.455 e. The van der Waals surface area contributed by atoms with E-state index in [0.717, 1.165) is 69.8 Å². The summed E-state index contributed by atoms with van der Waals surface area (Å²) in [6, 6.07) is 49.3. The molecule has 0 aliphatic heterocycles. The van der Waals surface area contributed by atoms with E-state index in [2.05, 4.69) is 186 Å². The van der Waals surface area contributed by atoms with Crippen LogP contribution in [0, 0.1) is 26.7 Å². The van der Waals surface area contributed by atoms with Crippen LogP contribution in [0.5, 0.6) is 0 Å². The molecule has 5 aromatic carbocycles. The van der Waals surface area contributed by atoms with Gasteiger partial charge in [0, 0.05) is 66.2 Å². The molecule has 0 bridgehead atoms. The molecule has 1 saturated carbocycles. The summed E-state index contributed by atoms with van der Waals surface area (Å²) in [6.07, 6.45) is 16.1. The van der Waals surface area contributed by atoms with Crippen LogP contribution in [0.2, 0.25) is 19.6 Å². The number of nitrogens with zero attached hydrogens (tertiary/aromatic N) is 3. The van der Waals surface area contributed by atoms with Crippen LogP contribution >= 0.6 is 0 Å². The first-order valence-electron chi connectivity index (χ1n) is 24.5. The van der Waals surface area contributed by atoms with E-state index in [9.17, 15) is 0 Å². The van der Waals surface area contributed by atoms with E-state index in [4.69, 9.17) is 9.40 Å². The first-order chi connectivity index (χ1) is 32.5. The summed E-state index contributed by atoms with van der Waals surface area (Å²) in [7, 11) is -1.29. The zero-order valence-corrected chi connectivity index (χ0v) is 44.7. The maximum absolute atomic E-state index is 6.54.